The van der Waals surface area contributed by atoms with Crippen LogP contribution in [0.25, 0.3) is 21.7 Å². The number of amides is 3. The molecule has 3 amide bonds. The van der Waals surface area contributed by atoms with E-state index in [4.69, 9.17) is 15.7 Å². The zero-order valence-corrected chi connectivity index (χ0v) is 43.7. The first-order valence-corrected chi connectivity index (χ1v) is 27.3. The molecular weight excluding hydrogens is 937 g/mol. The van der Waals surface area contributed by atoms with Crippen molar-refractivity contribution >= 4 is 46.3 Å². The predicted molar refractivity (Wildman–Crippen MR) is 283 cm³/mol. The average Bonchev–Trinajstić information content (AvgIpc) is 4.00. The average molecular weight is 1010 g/mol. The molecule has 0 radical (unpaired) electrons. The normalized spacial score (nSPS) is 27.4. The van der Waals surface area contributed by atoms with Gasteiger partial charge in [0.25, 0.3) is 0 Å². The van der Waals surface area contributed by atoms with Gasteiger partial charge in [0.1, 0.15) is 17.9 Å². The highest BCUT2D eigenvalue weighted by molar-refractivity contribution is 7.13. The third-order valence-corrected chi connectivity index (χ3v) is 18.4. The van der Waals surface area contributed by atoms with Crippen LogP contribution in [0.15, 0.2) is 72.5 Å². The van der Waals surface area contributed by atoms with Crippen molar-refractivity contribution in [2.45, 2.75) is 116 Å². The number of carbonyl (C=O) groups is 3. The van der Waals surface area contributed by atoms with Crippen molar-refractivity contribution in [3.05, 3.63) is 95.1 Å². The first-order valence-electron chi connectivity index (χ1n) is 26.4. The maximum absolute atomic E-state index is 14.3. The maximum Gasteiger partial charge on any atom is 0.246 e. The summed E-state index contributed by atoms with van der Waals surface area (Å²) >= 11 is 1.59. The Bertz CT molecular complexity index is 2820. The van der Waals surface area contributed by atoms with Crippen LogP contribution < -0.4 is 26.2 Å². The van der Waals surface area contributed by atoms with Crippen LogP contribution in [-0.4, -0.2) is 128 Å². The van der Waals surface area contributed by atoms with Gasteiger partial charge in [-0.05, 0) is 98.3 Å². The fraction of sp³-hybridized carbons (Fsp3) is 0.536. The van der Waals surface area contributed by atoms with Crippen LogP contribution in [0.5, 0.6) is 0 Å². The quantitative estimate of drug-likeness (QED) is 0.111. The van der Waals surface area contributed by atoms with Crippen molar-refractivity contribution in [1.29, 1.82) is 0 Å². The minimum atomic E-state index is -0.850. The zero-order valence-electron chi connectivity index (χ0n) is 42.8. The third kappa shape index (κ3) is 9.45. The topological polar surface area (TPSA) is 199 Å². The summed E-state index contributed by atoms with van der Waals surface area (Å²) in [6.45, 7) is 15.8. The third-order valence-electron chi connectivity index (χ3n) is 17.4. The van der Waals surface area contributed by atoms with Crippen LogP contribution in [0.1, 0.15) is 88.4 Å². The van der Waals surface area contributed by atoms with Crippen molar-refractivity contribution in [2.24, 2.45) is 29.1 Å². The molecule has 2 aromatic carbocycles. The van der Waals surface area contributed by atoms with E-state index in [0.29, 0.717) is 36.2 Å². The van der Waals surface area contributed by atoms with Gasteiger partial charge >= 0.3 is 0 Å². The molecule has 2 unspecified atom stereocenters. The number of aromatic nitrogens is 5. The van der Waals surface area contributed by atoms with Crippen molar-refractivity contribution < 1.29 is 19.5 Å². The number of nitrogen functional groups attached to an aromatic ring is 1. The molecule has 3 aromatic heterocycles. The summed E-state index contributed by atoms with van der Waals surface area (Å²) in [5, 5.41) is 25.7. The molecule has 73 heavy (non-hydrogen) atoms. The summed E-state index contributed by atoms with van der Waals surface area (Å²) in [6, 6.07) is 17.1. The minimum absolute atomic E-state index is 0.0425. The molecule has 384 valence electrons. The molecule has 11 rings (SSSR count). The highest BCUT2D eigenvalue weighted by Gasteiger charge is 2.69. The lowest BCUT2D eigenvalue weighted by Crippen LogP contribution is -2.71. The number of aliphatic hydroxyl groups excluding tert-OH is 1. The lowest BCUT2D eigenvalue weighted by molar-refractivity contribution is -0.144. The number of piperazine rings is 1. The van der Waals surface area contributed by atoms with Gasteiger partial charge in [0, 0.05) is 81.7 Å². The Morgan fingerprint density at radius 1 is 0.863 bits per heavy atom. The molecule has 17 heteroatoms. The standard InChI is InChI=1S/C56H70N12O4S/c1-33-8-6-7-9-43(33)44-23-45(50(57)64-63-44)67-29-38-24-56(25-39(30-67)47(38)56)54-59-27-41(28-60-54)66-20-18-65(19-21-66)40-16-14-37(15-17-40)51(70)62-49(55(3,4)5)53(72)68-31-42(69)22-46(68)52(71)58-26-35-10-12-36(13-11-35)48-34(2)61-32-73-48/h6-13,23,27-28,32,37-40,42,46-47,49,69H,14-22,24-26,29-31H2,1-5H3,(H2,57,64)(H,58,71)(H,62,70)/t37-,38?,39?,40-,42-,46+,47?,49-,56?/m1/s1. The number of hydrogen-bond donors (Lipinski definition) is 4. The number of nitrogens with zero attached hydrogens (tertiary/aromatic N) is 9. The smallest absolute Gasteiger partial charge is 0.246 e. The van der Waals surface area contributed by atoms with Gasteiger partial charge in [0.15, 0.2) is 5.82 Å². The van der Waals surface area contributed by atoms with Gasteiger partial charge in [-0.3, -0.25) is 19.3 Å². The number of anilines is 3. The van der Waals surface area contributed by atoms with Gasteiger partial charge in [-0.15, -0.1) is 21.5 Å². The number of aliphatic hydroxyl groups is 1. The van der Waals surface area contributed by atoms with Crippen molar-refractivity contribution in [3.8, 4) is 21.7 Å². The fourth-order valence-electron chi connectivity index (χ4n) is 13.5. The van der Waals surface area contributed by atoms with Crippen LogP contribution in [-0.2, 0) is 26.3 Å². The van der Waals surface area contributed by atoms with E-state index in [-0.39, 0.29) is 42.0 Å². The van der Waals surface area contributed by atoms with Gasteiger partial charge < -0.3 is 36.2 Å². The Kier molecular flexibility index (Phi) is 13.3. The summed E-state index contributed by atoms with van der Waals surface area (Å²) in [5.74, 6) is 2.30. The minimum Gasteiger partial charge on any atom is -0.391 e. The van der Waals surface area contributed by atoms with Gasteiger partial charge in [0.05, 0.1) is 51.6 Å². The molecule has 6 fully saturated rings. The molecule has 0 bridgehead atoms. The lowest BCUT2D eigenvalue weighted by Gasteiger charge is -2.70. The molecule has 5 atom stereocenters. The number of hydrogen-bond acceptors (Lipinski definition) is 14. The van der Waals surface area contributed by atoms with Crippen LogP contribution >= 0.6 is 11.3 Å². The van der Waals surface area contributed by atoms with E-state index < -0.39 is 23.6 Å². The molecule has 5 N–H and O–H groups in total. The molecule has 3 saturated heterocycles. The van der Waals surface area contributed by atoms with Crippen LogP contribution in [0.2, 0.25) is 0 Å². The number of likely N-dealkylation sites (tertiary alicyclic amines) is 1. The Hall–Kier alpha value is -6.04. The van der Waals surface area contributed by atoms with Crippen molar-refractivity contribution in [2.75, 3.05) is 61.3 Å². The molecule has 3 saturated carbocycles. The van der Waals surface area contributed by atoms with Crippen molar-refractivity contribution in [1.82, 2.24) is 45.6 Å². The predicted octanol–water partition coefficient (Wildman–Crippen LogP) is 6.16. The van der Waals surface area contributed by atoms with E-state index in [1.54, 1.807) is 11.3 Å². The Morgan fingerprint density at radius 3 is 2.22 bits per heavy atom. The second kappa shape index (κ2) is 19.7. The number of benzene rings is 2. The molecule has 6 aliphatic rings. The van der Waals surface area contributed by atoms with E-state index in [9.17, 15) is 19.5 Å². The summed E-state index contributed by atoms with van der Waals surface area (Å²) in [7, 11) is 0. The molecule has 0 spiro atoms. The summed E-state index contributed by atoms with van der Waals surface area (Å²) in [6.07, 6.45) is 8.95. The second-order valence-electron chi connectivity index (χ2n) is 23.0. The first-order chi connectivity index (χ1) is 35.1. The number of nitrogens with one attached hydrogen (secondary N) is 2. The zero-order chi connectivity index (χ0) is 50.8. The van der Waals surface area contributed by atoms with E-state index in [1.165, 1.54) is 10.5 Å². The van der Waals surface area contributed by atoms with Gasteiger partial charge in [-0.1, -0.05) is 69.3 Å². The second-order valence-corrected chi connectivity index (χ2v) is 23.9. The molecule has 3 aliphatic heterocycles. The molecule has 16 nitrogen and oxygen atoms in total. The first kappa shape index (κ1) is 49.2. The van der Waals surface area contributed by atoms with Crippen LogP contribution in [0.4, 0.5) is 17.2 Å². The molecule has 6 heterocycles. The number of piperidine rings is 1. The summed E-state index contributed by atoms with van der Waals surface area (Å²) in [4.78, 5) is 66.4. The summed E-state index contributed by atoms with van der Waals surface area (Å²) < 4.78 is 0. The van der Waals surface area contributed by atoms with Crippen LogP contribution in [0.3, 0.4) is 0 Å². The fourth-order valence-corrected chi connectivity index (χ4v) is 14.3. The number of nitrogens with two attached hydrogens (primary N) is 1. The number of rotatable bonds is 12. The maximum atomic E-state index is 14.3. The molecular formula is C56H70N12O4S. The van der Waals surface area contributed by atoms with E-state index >= 15 is 0 Å². The highest BCUT2D eigenvalue weighted by Crippen LogP contribution is 2.69. The highest BCUT2D eigenvalue weighted by atomic mass is 32.1. The number of thiazole rings is 1. The largest absolute Gasteiger partial charge is 0.391 e. The molecule has 5 aromatic rings. The van der Waals surface area contributed by atoms with E-state index in [2.05, 4.69) is 65.6 Å². The monoisotopic (exact) mass is 1010 g/mol. The Morgan fingerprint density at radius 2 is 1.56 bits per heavy atom. The van der Waals surface area contributed by atoms with Crippen LogP contribution in [0, 0.1) is 42.9 Å². The van der Waals surface area contributed by atoms with Gasteiger partial charge in [-0.2, -0.15) is 0 Å². The van der Waals surface area contributed by atoms with Crippen molar-refractivity contribution in [3.63, 3.8) is 0 Å². The van der Waals surface area contributed by atoms with Gasteiger partial charge in [-0.25, -0.2) is 15.0 Å². The number of β-amino-alcohol motifs (C(OH)–C–C–N with tert-alkyl or cyclic N) is 1. The van der Waals surface area contributed by atoms with Gasteiger partial charge in [0.2, 0.25) is 17.7 Å². The number of carbonyl (C=O) groups excluding carboxylic acids is 3. The number of aryl methyl sites for hydroxylation is 2. The lowest BCUT2D eigenvalue weighted by atomic mass is 9.37. The Balaban J connectivity index is 0.636. The molecule has 3 aliphatic carbocycles. The Labute approximate surface area is 432 Å². The van der Waals surface area contributed by atoms with E-state index in [1.807, 2.05) is 82.0 Å². The SMILES string of the molecule is Cc1ccccc1-c1cc(N2CC3CC4(c5ncc(N6CCN([C@H]7CC[C@H](C(=O)N[C@H](C(=O)N8C[C@H](O)C[C@H]8C(=O)NCc8ccc(-c9scnc9C)cc8)C(C)(C)C)CC7)CC6)cn5)CC(C2)C34)c(N)nn1. The summed E-state index contributed by atoms with van der Waals surface area (Å²) in [5.41, 5.74) is 15.9. The van der Waals surface area contributed by atoms with E-state index in [0.717, 1.165) is 128 Å².